The third-order valence-electron chi connectivity index (χ3n) is 4.34. The van der Waals surface area contributed by atoms with Crippen molar-refractivity contribution in [2.75, 3.05) is 11.9 Å². The van der Waals surface area contributed by atoms with Gasteiger partial charge in [-0.15, -0.1) is 0 Å². The fourth-order valence-corrected chi connectivity index (χ4v) is 3.15. The molecule has 1 aromatic heterocycles. The Hall–Kier alpha value is -3.19. The second kappa shape index (κ2) is 8.87. The predicted octanol–water partition coefficient (Wildman–Crippen LogP) is 3.14. The maximum atomic E-state index is 12.5. The Morgan fingerprint density at radius 3 is 2.69 bits per heavy atom. The lowest BCUT2D eigenvalue weighted by Gasteiger charge is -2.12. The third kappa shape index (κ3) is 4.81. The Labute approximate surface area is 172 Å². The number of benzene rings is 2. The van der Waals surface area contributed by atoms with Crippen molar-refractivity contribution in [1.82, 2.24) is 14.9 Å². The number of carbonyl (C=O) groups is 2. The van der Waals surface area contributed by atoms with E-state index in [4.69, 9.17) is 11.6 Å². The first-order valence-corrected chi connectivity index (χ1v) is 9.60. The van der Waals surface area contributed by atoms with Crippen molar-refractivity contribution >= 4 is 40.1 Å². The molecular weight excluding hydrogens is 392 g/mol. The number of fused-ring (bicyclic) bond motifs is 1. The number of amides is 2. The Morgan fingerprint density at radius 1 is 1.17 bits per heavy atom. The lowest BCUT2D eigenvalue weighted by Crippen LogP contribution is -2.28. The van der Waals surface area contributed by atoms with Crippen molar-refractivity contribution in [3.05, 3.63) is 69.1 Å². The molecule has 0 saturated heterocycles. The van der Waals surface area contributed by atoms with Gasteiger partial charge in [-0.1, -0.05) is 24.6 Å². The number of anilines is 1. The number of nitrogens with one attached hydrogen (secondary N) is 2. The van der Waals surface area contributed by atoms with Crippen LogP contribution in [0.4, 0.5) is 5.69 Å². The molecule has 2 aromatic carbocycles. The quantitative estimate of drug-likeness (QED) is 0.650. The van der Waals surface area contributed by atoms with E-state index in [9.17, 15) is 14.4 Å². The minimum atomic E-state index is -0.411. The predicted molar refractivity (Wildman–Crippen MR) is 113 cm³/mol. The topological polar surface area (TPSA) is 93.1 Å². The number of halogens is 1. The number of aryl methyl sites for hydroxylation is 1. The highest BCUT2D eigenvalue weighted by Crippen LogP contribution is 2.22. The molecule has 150 valence electrons. The van der Waals surface area contributed by atoms with Crippen LogP contribution < -0.4 is 16.2 Å². The molecule has 8 heteroatoms. The molecule has 0 atom stereocenters. The number of rotatable bonds is 6. The lowest BCUT2D eigenvalue weighted by molar-refractivity contribution is -0.116. The molecule has 2 N–H and O–H groups in total. The summed E-state index contributed by atoms with van der Waals surface area (Å²) in [6, 6.07) is 10.1. The zero-order chi connectivity index (χ0) is 21.0. The van der Waals surface area contributed by atoms with Crippen LogP contribution in [0.2, 0.25) is 5.02 Å². The molecule has 29 heavy (non-hydrogen) atoms. The largest absolute Gasteiger partial charge is 0.352 e. The van der Waals surface area contributed by atoms with Crippen LogP contribution in [0.15, 0.2) is 47.4 Å². The van der Waals surface area contributed by atoms with E-state index in [1.54, 1.807) is 30.3 Å². The van der Waals surface area contributed by atoms with E-state index in [1.165, 1.54) is 4.57 Å². The smallest absolute Gasteiger partial charge is 0.269 e. The summed E-state index contributed by atoms with van der Waals surface area (Å²) in [5, 5.41) is 5.94. The molecule has 0 aliphatic rings. The van der Waals surface area contributed by atoms with Gasteiger partial charge in [-0.2, -0.15) is 0 Å². The summed E-state index contributed by atoms with van der Waals surface area (Å²) in [6.45, 7) is 4.24. The number of carbonyl (C=O) groups excluding carboxylic acids is 2. The van der Waals surface area contributed by atoms with Gasteiger partial charge in [-0.3, -0.25) is 19.0 Å². The molecule has 0 unspecified atom stereocenters. The maximum absolute atomic E-state index is 12.5. The Bertz CT molecular complexity index is 1140. The molecule has 0 spiro atoms. The fourth-order valence-electron chi connectivity index (χ4n) is 2.87. The summed E-state index contributed by atoms with van der Waals surface area (Å²) in [6.07, 6.45) is 1.97. The second-order valence-electron chi connectivity index (χ2n) is 6.67. The highest BCUT2D eigenvalue weighted by molar-refractivity contribution is 6.33. The van der Waals surface area contributed by atoms with E-state index >= 15 is 0 Å². The zero-order valence-electron chi connectivity index (χ0n) is 16.2. The van der Waals surface area contributed by atoms with Gasteiger partial charge >= 0.3 is 0 Å². The SMILES string of the molecule is CCCNC(=O)c1ccc2c(c1)ncc(=O)n2CC(=O)Nc1ccc(C)cc1Cl. The highest BCUT2D eigenvalue weighted by Gasteiger charge is 2.13. The number of hydrogen-bond acceptors (Lipinski definition) is 4. The molecule has 0 saturated carbocycles. The van der Waals surface area contributed by atoms with Crippen molar-refractivity contribution in [3.8, 4) is 0 Å². The molecule has 3 rings (SSSR count). The van der Waals surface area contributed by atoms with Crippen molar-refractivity contribution in [3.63, 3.8) is 0 Å². The van der Waals surface area contributed by atoms with E-state index in [2.05, 4.69) is 15.6 Å². The number of aromatic nitrogens is 2. The molecule has 3 aromatic rings. The first kappa shape index (κ1) is 20.5. The van der Waals surface area contributed by atoms with E-state index < -0.39 is 11.5 Å². The van der Waals surface area contributed by atoms with Crippen LogP contribution in [0.3, 0.4) is 0 Å². The average Bonchev–Trinajstić information content (AvgIpc) is 2.70. The van der Waals surface area contributed by atoms with Gasteiger partial charge in [-0.25, -0.2) is 4.98 Å². The first-order valence-electron chi connectivity index (χ1n) is 9.23. The second-order valence-corrected chi connectivity index (χ2v) is 7.08. The van der Waals surface area contributed by atoms with Gasteiger partial charge in [0.1, 0.15) is 6.54 Å². The van der Waals surface area contributed by atoms with Crippen molar-refractivity contribution in [1.29, 1.82) is 0 Å². The molecular formula is C21H21ClN4O3. The average molecular weight is 413 g/mol. The molecule has 0 bridgehead atoms. The van der Waals surface area contributed by atoms with Crippen LogP contribution in [-0.4, -0.2) is 27.9 Å². The van der Waals surface area contributed by atoms with Gasteiger partial charge in [-0.05, 0) is 49.2 Å². The van der Waals surface area contributed by atoms with Gasteiger partial charge in [0.2, 0.25) is 5.91 Å². The fraction of sp³-hybridized carbons (Fsp3) is 0.238. The first-order chi connectivity index (χ1) is 13.9. The monoisotopic (exact) mass is 412 g/mol. The minimum absolute atomic E-state index is 0.205. The molecule has 0 aliphatic carbocycles. The van der Waals surface area contributed by atoms with E-state index in [0.717, 1.165) is 18.2 Å². The van der Waals surface area contributed by atoms with E-state index in [-0.39, 0.29) is 12.5 Å². The third-order valence-corrected chi connectivity index (χ3v) is 4.66. The van der Waals surface area contributed by atoms with E-state index in [0.29, 0.717) is 33.9 Å². The molecule has 1 heterocycles. The minimum Gasteiger partial charge on any atom is -0.352 e. The molecule has 0 radical (unpaired) electrons. The van der Waals surface area contributed by atoms with Crippen LogP contribution in [0.25, 0.3) is 11.0 Å². The lowest BCUT2D eigenvalue weighted by atomic mass is 10.1. The maximum Gasteiger partial charge on any atom is 0.269 e. The van der Waals surface area contributed by atoms with Crippen LogP contribution in [0.1, 0.15) is 29.3 Å². The van der Waals surface area contributed by atoms with Crippen LogP contribution in [-0.2, 0) is 11.3 Å². The summed E-state index contributed by atoms with van der Waals surface area (Å²) in [4.78, 5) is 41.1. The van der Waals surface area contributed by atoms with Gasteiger partial charge in [0.25, 0.3) is 11.5 Å². The van der Waals surface area contributed by atoms with Crippen LogP contribution >= 0.6 is 11.6 Å². The van der Waals surface area contributed by atoms with Gasteiger partial charge in [0, 0.05) is 12.1 Å². The van der Waals surface area contributed by atoms with Gasteiger partial charge in [0.05, 0.1) is 27.9 Å². The summed E-state index contributed by atoms with van der Waals surface area (Å²) in [5.41, 5.74) is 2.40. The summed E-state index contributed by atoms with van der Waals surface area (Å²) in [5.74, 6) is -0.602. The summed E-state index contributed by atoms with van der Waals surface area (Å²) in [7, 11) is 0. The highest BCUT2D eigenvalue weighted by atomic mass is 35.5. The number of nitrogens with zero attached hydrogens (tertiary/aromatic N) is 2. The van der Waals surface area contributed by atoms with Gasteiger partial charge < -0.3 is 10.6 Å². The standard InChI is InChI=1S/C21H21ClN4O3/c1-3-8-23-21(29)14-5-7-18-17(10-14)24-11-20(28)26(18)12-19(27)25-16-6-4-13(2)9-15(16)22/h4-7,9-11H,3,8,12H2,1-2H3,(H,23,29)(H,25,27). The molecule has 2 amide bonds. The Kier molecular flexibility index (Phi) is 6.29. The van der Waals surface area contributed by atoms with Crippen molar-refractivity contribution < 1.29 is 9.59 Å². The normalized spacial score (nSPS) is 10.7. The van der Waals surface area contributed by atoms with Crippen LogP contribution in [0, 0.1) is 6.92 Å². The molecule has 7 nitrogen and oxygen atoms in total. The zero-order valence-corrected chi connectivity index (χ0v) is 16.9. The van der Waals surface area contributed by atoms with E-state index in [1.807, 2.05) is 19.9 Å². The van der Waals surface area contributed by atoms with Crippen molar-refractivity contribution in [2.24, 2.45) is 0 Å². The Morgan fingerprint density at radius 2 is 1.97 bits per heavy atom. The summed E-state index contributed by atoms with van der Waals surface area (Å²) >= 11 is 6.15. The molecule has 0 aliphatic heterocycles. The summed E-state index contributed by atoms with van der Waals surface area (Å²) < 4.78 is 1.31. The Balaban J connectivity index is 1.86. The van der Waals surface area contributed by atoms with Crippen molar-refractivity contribution in [2.45, 2.75) is 26.8 Å². The van der Waals surface area contributed by atoms with Crippen LogP contribution in [0.5, 0.6) is 0 Å². The van der Waals surface area contributed by atoms with Gasteiger partial charge in [0.15, 0.2) is 0 Å². The molecule has 0 fully saturated rings. The number of hydrogen-bond donors (Lipinski definition) is 2.